The van der Waals surface area contributed by atoms with Crippen LogP contribution in [0.4, 0.5) is 0 Å². The zero-order chi connectivity index (χ0) is 24.1. The van der Waals surface area contributed by atoms with Gasteiger partial charge < -0.3 is 9.47 Å². The molecule has 1 heterocycles. The van der Waals surface area contributed by atoms with Gasteiger partial charge in [0.15, 0.2) is 6.61 Å². The minimum atomic E-state index is -0.392. The van der Waals surface area contributed by atoms with Crippen LogP contribution < -0.4 is 4.74 Å². The van der Waals surface area contributed by atoms with Crippen LogP contribution in [-0.4, -0.2) is 25.5 Å². The van der Waals surface area contributed by atoms with Gasteiger partial charge in [-0.2, -0.15) is 0 Å². The Morgan fingerprint density at radius 1 is 1.00 bits per heavy atom. The fraction of sp³-hybridized carbons (Fsp3) is 0.556. The molecule has 0 bridgehead atoms. The van der Waals surface area contributed by atoms with E-state index in [0.717, 1.165) is 24.8 Å². The van der Waals surface area contributed by atoms with Crippen molar-refractivity contribution >= 4 is 23.1 Å². The molecule has 2 aromatic rings. The van der Waals surface area contributed by atoms with Crippen LogP contribution in [0.5, 0.6) is 5.75 Å². The second kappa shape index (κ2) is 10.7. The lowest BCUT2D eigenvalue weighted by molar-refractivity contribution is -0.142. The third kappa shape index (κ3) is 5.80. The van der Waals surface area contributed by atoms with Crippen molar-refractivity contribution < 1.29 is 19.1 Å². The molecule has 5 heteroatoms. The van der Waals surface area contributed by atoms with Crippen LogP contribution in [0.3, 0.4) is 0 Å². The summed E-state index contributed by atoms with van der Waals surface area (Å²) in [6, 6.07) is 8.56. The molecule has 0 fully saturated rings. The fourth-order valence-corrected chi connectivity index (χ4v) is 5.59. The van der Waals surface area contributed by atoms with E-state index in [-0.39, 0.29) is 17.4 Å². The summed E-state index contributed by atoms with van der Waals surface area (Å²) in [6.45, 7) is 14.5. The molecule has 0 aliphatic rings. The van der Waals surface area contributed by atoms with Crippen molar-refractivity contribution in [2.45, 2.75) is 79.6 Å². The third-order valence-electron chi connectivity index (χ3n) is 6.42. The molecular weight excluding hydrogens is 420 g/mol. The minimum absolute atomic E-state index is 0.0899. The quantitative estimate of drug-likeness (QED) is 0.378. The molecule has 0 aliphatic carbocycles. The van der Waals surface area contributed by atoms with Gasteiger partial charge in [-0.15, -0.1) is 11.3 Å². The molecular formula is C27H38O4S. The summed E-state index contributed by atoms with van der Waals surface area (Å²) in [5.41, 5.74) is 3.14. The van der Waals surface area contributed by atoms with E-state index in [4.69, 9.17) is 4.74 Å². The second-order valence-electron chi connectivity index (χ2n) is 9.52. The maximum absolute atomic E-state index is 12.4. The molecule has 0 amide bonds. The number of aryl methyl sites for hydroxylation is 3. The van der Waals surface area contributed by atoms with Gasteiger partial charge in [-0.1, -0.05) is 46.8 Å². The van der Waals surface area contributed by atoms with Crippen LogP contribution in [0.15, 0.2) is 24.3 Å². The molecule has 0 saturated carbocycles. The number of carbonyl (C=O) groups is 2. The fourth-order valence-electron chi connectivity index (χ4n) is 4.06. The molecule has 32 heavy (non-hydrogen) atoms. The normalized spacial score (nSPS) is 12.0. The van der Waals surface area contributed by atoms with E-state index in [1.165, 1.54) is 28.0 Å². The van der Waals surface area contributed by atoms with E-state index >= 15 is 0 Å². The second-order valence-corrected chi connectivity index (χ2v) is 10.7. The number of rotatable bonds is 10. The lowest BCUT2D eigenvalue weighted by Crippen LogP contribution is -2.25. The molecule has 0 aliphatic heterocycles. The van der Waals surface area contributed by atoms with Gasteiger partial charge in [0.05, 0.1) is 7.11 Å². The number of ether oxygens (including phenoxy) is 2. The highest BCUT2D eigenvalue weighted by molar-refractivity contribution is 7.12. The Balaban J connectivity index is 2.33. The topological polar surface area (TPSA) is 52.6 Å². The molecule has 0 unspecified atom stereocenters. The number of hydrogen-bond acceptors (Lipinski definition) is 5. The molecule has 0 atom stereocenters. The maximum atomic E-state index is 12.4. The van der Waals surface area contributed by atoms with Crippen LogP contribution in [0.25, 0.3) is 0 Å². The average molecular weight is 459 g/mol. The predicted octanol–water partition coefficient (Wildman–Crippen LogP) is 6.57. The minimum Gasteiger partial charge on any atom is -0.482 e. The van der Waals surface area contributed by atoms with Crippen LogP contribution >= 0.6 is 11.3 Å². The summed E-state index contributed by atoms with van der Waals surface area (Å²) in [5, 5.41) is 0. The smallest absolute Gasteiger partial charge is 0.343 e. The number of ketones is 1. The Morgan fingerprint density at radius 3 is 2.19 bits per heavy atom. The largest absolute Gasteiger partial charge is 0.482 e. The van der Waals surface area contributed by atoms with E-state index in [0.29, 0.717) is 18.0 Å². The molecule has 0 radical (unpaired) electrons. The van der Waals surface area contributed by atoms with E-state index < -0.39 is 5.97 Å². The van der Waals surface area contributed by atoms with Gasteiger partial charge in [0.2, 0.25) is 0 Å². The highest BCUT2D eigenvalue weighted by atomic mass is 32.1. The number of esters is 1. The van der Waals surface area contributed by atoms with Gasteiger partial charge in [-0.3, -0.25) is 4.79 Å². The Hall–Kier alpha value is -2.14. The maximum Gasteiger partial charge on any atom is 0.343 e. The number of carbonyl (C=O) groups excluding carboxylic acids is 2. The summed E-state index contributed by atoms with van der Waals surface area (Å²) in [6.07, 6.45) is 3.34. The van der Waals surface area contributed by atoms with Crippen LogP contribution in [0.1, 0.15) is 80.3 Å². The first kappa shape index (κ1) is 26.1. The molecule has 0 N–H and O–H groups in total. The Morgan fingerprint density at radius 2 is 1.66 bits per heavy atom. The van der Waals surface area contributed by atoms with Crippen LogP contribution in [0.2, 0.25) is 0 Å². The Bertz CT molecular complexity index is 945. The third-order valence-corrected chi connectivity index (χ3v) is 7.92. The van der Waals surface area contributed by atoms with E-state index in [9.17, 15) is 9.59 Å². The molecule has 0 spiro atoms. The standard InChI is InChI=1S/C27H38O4S/c1-9-27(10-2,20-11-12-21(18(3)15-20)31-17-25(29)30-8)24-16-19(4)22(32-24)13-14-23(28)26(5,6)7/h11-12,15-16H,9-10,13-14,17H2,1-8H3. The summed E-state index contributed by atoms with van der Waals surface area (Å²) in [5.74, 6) is 0.614. The first-order chi connectivity index (χ1) is 15.0. The molecule has 2 rings (SSSR count). The van der Waals surface area contributed by atoms with Crippen molar-refractivity contribution in [3.05, 3.63) is 50.7 Å². The number of thiophene rings is 1. The SMILES string of the molecule is CCC(CC)(c1ccc(OCC(=O)OC)c(C)c1)c1cc(C)c(CCC(=O)C(C)(C)C)s1. The molecule has 1 aromatic carbocycles. The Kier molecular flexibility index (Phi) is 8.69. The van der Waals surface area contributed by atoms with E-state index in [1.54, 1.807) is 0 Å². The monoisotopic (exact) mass is 458 g/mol. The molecule has 1 aromatic heterocycles. The zero-order valence-electron chi connectivity index (χ0n) is 20.9. The van der Waals surface area contributed by atoms with Gasteiger partial charge in [-0.05, 0) is 61.9 Å². The van der Waals surface area contributed by atoms with Crippen LogP contribution in [0, 0.1) is 19.3 Å². The number of hydrogen-bond donors (Lipinski definition) is 0. The average Bonchev–Trinajstić information content (AvgIpc) is 3.12. The first-order valence-corrected chi connectivity index (χ1v) is 12.2. The summed E-state index contributed by atoms with van der Waals surface area (Å²) in [4.78, 5) is 26.5. The lowest BCUT2D eigenvalue weighted by atomic mass is 9.74. The van der Waals surface area contributed by atoms with E-state index in [2.05, 4.69) is 43.7 Å². The summed E-state index contributed by atoms with van der Waals surface area (Å²) in [7, 11) is 1.36. The van der Waals surface area contributed by atoms with Gasteiger partial charge in [0, 0.05) is 27.0 Å². The number of methoxy groups -OCH3 is 1. The van der Waals surface area contributed by atoms with Crippen molar-refractivity contribution in [2.75, 3.05) is 13.7 Å². The van der Waals surface area contributed by atoms with Gasteiger partial charge in [0.1, 0.15) is 11.5 Å². The lowest BCUT2D eigenvalue weighted by Gasteiger charge is -2.32. The highest BCUT2D eigenvalue weighted by Gasteiger charge is 2.33. The van der Waals surface area contributed by atoms with Crippen molar-refractivity contribution in [3.63, 3.8) is 0 Å². The molecule has 176 valence electrons. The molecule has 0 saturated heterocycles. The summed E-state index contributed by atoms with van der Waals surface area (Å²) < 4.78 is 10.3. The van der Waals surface area contributed by atoms with Crippen molar-refractivity contribution in [2.24, 2.45) is 5.41 Å². The first-order valence-electron chi connectivity index (χ1n) is 11.4. The predicted molar refractivity (Wildman–Crippen MR) is 132 cm³/mol. The van der Waals surface area contributed by atoms with Crippen molar-refractivity contribution in [1.82, 2.24) is 0 Å². The van der Waals surface area contributed by atoms with Gasteiger partial charge in [0.25, 0.3) is 0 Å². The summed E-state index contributed by atoms with van der Waals surface area (Å²) >= 11 is 1.85. The zero-order valence-corrected chi connectivity index (χ0v) is 21.7. The van der Waals surface area contributed by atoms with Gasteiger partial charge >= 0.3 is 5.97 Å². The van der Waals surface area contributed by atoms with Crippen LogP contribution in [-0.2, 0) is 26.2 Å². The van der Waals surface area contributed by atoms with Crippen molar-refractivity contribution in [3.8, 4) is 5.75 Å². The molecule has 4 nitrogen and oxygen atoms in total. The van der Waals surface area contributed by atoms with Gasteiger partial charge in [-0.25, -0.2) is 4.79 Å². The highest BCUT2D eigenvalue weighted by Crippen LogP contribution is 2.44. The number of benzene rings is 1. The Labute approximate surface area is 197 Å². The number of Topliss-reactive ketones (excluding diaryl/α,β-unsaturated/α-hetero) is 1. The van der Waals surface area contributed by atoms with Crippen molar-refractivity contribution in [1.29, 1.82) is 0 Å². The van der Waals surface area contributed by atoms with E-state index in [1.807, 2.05) is 45.1 Å².